The number of ether oxygens (including phenoxy) is 3. The highest BCUT2D eigenvalue weighted by molar-refractivity contribution is 5.96. The standard InChI is InChI=1S/C25H28N4O5/c1-32-18-7-5-17(6-8-18)25(31)29-13-11-20-19(15-29)23(28-27-20)24(30)26-12-10-16-4-9-21(33-2)22(14-16)34-3/h4-9,14H,10-13,15H2,1-3H3,(H,26,30)(H,27,28). The molecule has 9 nitrogen and oxygen atoms in total. The molecule has 3 aromatic rings. The van der Waals surface area contributed by atoms with E-state index in [-0.39, 0.29) is 11.8 Å². The molecule has 2 amide bonds. The Kier molecular flexibility index (Phi) is 7.01. The predicted molar refractivity (Wildman–Crippen MR) is 126 cm³/mol. The monoisotopic (exact) mass is 464 g/mol. The summed E-state index contributed by atoms with van der Waals surface area (Å²) < 4.78 is 15.8. The van der Waals surface area contributed by atoms with Gasteiger partial charge in [-0.15, -0.1) is 0 Å². The minimum absolute atomic E-state index is 0.0886. The van der Waals surface area contributed by atoms with Crippen LogP contribution in [0.5, 0.6) is 17.2 Å². The van der Waals surface area contributed by atoms with Crippen LogP contribution in [-0.4, -0.2) is 61.3 Å². The van der Waals surface area contributed by atoms with Crippen LogP contribution in [0.2, 0.25) is 0 Å². The third-order valence-corrected chi connectivity index (χ3v) is 5.92. The zero-order chi connectivity index (χ0) is 24.1. The molecule has 0 aliphatic carbocycles. The van der Waals surface area contributed by atoms with Crippen LogP contribution >= 0.6 is 0 Å². The van der Waals surface area contributed by atoms with E-state index in [9.17, 15) is 9.59 Å². The first-order chi connectivity index (χ1) is 16.5. The average Bonchev–Trinajstić information content (AvgIpc) is 3.31. The average molecular weight is 465 g/mol. The summed E-state index contributed by atoms with van der Waals surface area (Å²) >= 11 is 0. The van der Waals surface area contributed by atoms with E-state index in [4.69, 9.17) is 14.2 Å². The highest BCUT2D eigenvalue weighted by atomic mass is 16.5. The molecule has 1 aliphatic heterocycles. The molecule has 0 saturated carbocycles. The molecule has 34 heavy (non-hydrogen) atoms. The fourth-order valence-electron chi connectivity index (χ4n) is 4.01. The lowest BCUT2D eigenvalue weighted by molar-refractivity contribution is 0.0731. The van der Waals surface area contributed by atoms with Crippen molar-refractivity contribution in [1.29, 1.82) is 0 Å². The SMILES string of the molecule is COc1ccc(C(=O)N2CCc3[nH]nc(C(=O)NCCc4ccc(OC)c(OC)c4)c3C2)cc1. The zero-order valence-electron chi connectivity index (χ0n) is 19.5. The van der Waals surface area contributed by atoms with Crippen molar-refractivity contribution in [3.63, 3.8) is 0 Å². The Morgan fingerprint density at radius 3 is 2.50 bits per heavy atom. The Labute approximate surface area is 198 Å². The first kappa shape index (κ1) is 23.2. The van der Waals surface area contributed by atoms with Crippen molar-refractivity contribution in [2.45, 2.75) is 19.4 Å². The first-order valence-electron chi connectivity index (χ1n) is 11.0. The number of carbonyl (C=O) groups is 2. The lowest BCUT2D eigenvalue weighted by Gasteiger charge is -2.27. The van der Waals surface area contributed by atoms with Gasteiger partial charge in [-0.05, 0) is 48.4 Å². The van der Waals surface area contributed by atoms with Crippen LogP contribution in [0.3, 0.4) is 0 Å². The van der Waals surface area contributed by atoms with Gasteiger partial charge in [0.1, 0.15) is 5.75 Å². The molecule has 1 aliphatic rings. The summed E-state index contributed by atoms with van der Waals surface area (Å²) in [6.07, 6.45) is 1.24. The molecule has 0 bridgehead atoms. The Hall–Kier alpha value is -4.01. The number of aromatic nitrogens is 2. The maximum atomic E-state index is 13.0. The first-order valence-corrected chi connectivity index (χ1v) is 11.0. The van der Waals surface area contributed by atoms with Gasteiger partial charge >= 0.3 is 0 Å². The topological polar surface area (TPSA) is 106 Å². The number of rotatable bonds is 8. The molecular weight excluding hydrogens is 436 g/mol. The molecule has 0 fully saturated rings. The van der Waals surface area contributed by atoms with Gasteiger partial charge in [-0.1, -0.05) is 6.07 Å². The number of carbonyl (C=O) groups excluding carboxylic acids is 2. The van der Waals surface area contributed by atoms with Crippen molar-refractivity contribution in [3.8, 4) is 17.2 Å². The van der Waals surface area contributed by atoms with Gasteiger partial charge < -0.3 is 24.4 Å². The number of nitrogens with one attached hydrogen (secondary N) is 2. The Morgan fingerprint density at radius 1 is 1.03 bits per heavy atom. The van der Waals surface area contributed by atoms with Gasteiger partial charge in [-0.25, -0.2) is 0 Å². The van der Waals surface area contributed by atoms with Crippen LogP contribution in [-0.2, 0) is 19.4 Å². The molecule has 0 unspecified atom stereocenters. The minimum Gasteiger partial charge on any atom is -0.497 e. The van der Waals surface area contributed by atoms with Gasteiger partial charge in [-0.2, -0.15) is 5.10 Å². The minimum atomic E-state index is -0.267. The van der Waals surface area contributed by atoms with Gasteiger partial charge in [0, 0.05) is 36.3 Å². The van der Waals surface area contributed by atoms with Gasteiger partial charge in [0.2, 0.25) is 0 Å². The Bertz CT molecular complexity index is 1170. The molecule has 9 heteroatoms. The largest absolute Gasteiger partial charge is 0.497 e. The molecular formula is C25H28N4O5. The van der Waals surface area contributed by atoms with Crippen molar-refractivity contribution in [2.75, 3.05) is 34.4 Å². The van der Waals surface area contributed by atoms with Gasteiger partial charge in [0.05, 0.1) is 27.9 Å². The molecule has 2 heterocycles. The van der Waals surface area contributed by atoms with Crippen LogP contribution in [0.4, 0.5) is 0 Å². The van der Waals surface area contributed by atoms with Crippen molar-refractivity contribution < 1.29 is 23.8 Å². The summed E-state index contributed by atoms with van der Waals surface area (Å²) in [5, 5.41) is 10.1. The normalized spacial score (nSPS) is 12.6. The molecule has 0 saturated heterocycles. The highest BCUT2D eigenvalue weighted by Gasteiger charge is 2.28. The van der Waals surface area contributed by atoms with E-state index in [2.05, 4.69) is 15.5 Å². The number of hydrogen-bond acceptors (Lipinski definition) is 6. The van der Waals surface area contributed by atoms with E-state index in [0.29, 0.717) is 61.0 Å². The summed E-state index contributed by atoms with van der Waals surface area (Å²) in [6, 6.07) is 12.7. The zero-order valence-corrected chi connectivity index (χ0v) is 19.5. The lowest BCUT2D eigenvalue weighted by atomic mass is 10.0. The Morgan fingerprint density at radius 2 is 1.79 bits per heavy atom. The van der Waals surface area contributed by atoms with Crippen molar-refractivity contribution in [2.24, 2.45) is 0 Å². The fraction of sp³-hybridized carbons (Fsp3) is 0.320. The number of methoxy groups -OCH3 is 3. The van der Waals surface area contributed by atoms with E-state index in [1.54, 1.807) is 50.5 Å². The van der Waals surface area contributed by atoms with Gasteiger partial charge in [-0.3, -0.25) is 14.7 Å². The van der Waals surface area contributed by atoms with Crippen LogP contribution in [0.1, 0.15) is 37.7 Å². The number of aromatic amines is 1. The molecule has 0 spiro atoms. The molecule has 0 radical (unpaired) electrons. The van der Waals surface area contributed by atoms with E-state index < -0.39 is 0 Å². The number of nitrogens with zero attached hydrogens (tertiary/aromatic N) is 2. The van der Waals surface area contributed by atoms with Crippen LogP contribution in [0.25, 0.3) is 0 Å². The molecule has 0 atom stereocenters. The number of amides is 2. The smallest absolute Gasteiger partial charge is 0.272 e. The maximum absolute atomic E-state index is 13.0. The molecule has 2 aromatic carbocycles. The van der Waals surface area contributed by atoms with Gasteiger partial charge in [0.15, 0.2) is 17.2 Å². The van der Waals surface area contributed by atoms with Crippen LogP contribution in [0, 0.1) is 0 Å². The third-order valence-electron chi connectivity index (χ3n) is 5.92. The molecule has 178 valence electrons. The summed E-state index contributed by atoms with van der Waals surface area (Å²) in [5.41, 5.74) is 3.57. The lowest BCUT2D eigenvalue weighted by Crippen LogP contribution is -2.37. The molecule has 2 N–H and O–H groups in total. The number of benzene rings is 2. The van der Waals surface area contributed by atoms with Crippen LogP contribution in [0.15, 0.2) is 42.5 Å². The van der Waals surface area contributed by atoms with Crippen molar-refractivity contribution in [1.82, 2.24) is 20.4 Å². The second-order valence-electron chi connectivity index (χ2n) is 7.93. The number of H-pyrrole nitrogens is 1. The highest BCUT2D eigenvalue weighted by Crippen LogP contribution is 2.27. The summed E-state index contributed by atoms with van der Waals surface area (Å²) in [5.74, 6) is 1.65. The van der Waals surface area contributed by atoms with E-state index in [1.807, 2.05) is 18.2 Å². The second kappa shape index (κ2) is 10.3. The Balaban J connectivity index is 1.39. The maximum Gasteiger partial charge on any atom is 0.272 e. The summed E-state index contributed by atoms with van der Waals surface area (Å²) in [4.78, 5) is 27.6. The fourth-order valence-corrected chi connectivity index (χ4v) is 4.01. The van der Waals surface area contributed by atoms with Gasteiger partial charge in [0.25, 0.3) is 11.8 Å². The molecule has 4 rings (SSSR count). The van der Waals surface area contributed by atoms with Crippen molar-refractivity contribution >= 4 is 11.8 Å². The third kappa shape index (κ3) is 4.83. The molecule has 1 aromatic heterocycles. The second-order valence-corrected chi connectivity index (χ2v) is 7.93. The van der Waals surface area contributed by atoms with E-state index >= 15 is 0 Å². The summed E-state index contributed by atoms with van der Waals surface area (Å²) in [7, 11) is 4.77. The number of hydrogen-bond donors (Lipinski definition) is 2. The van der Waals surface area contributed by atoms with E-state index in [0.717, 1.165) is 16.8 Å². The van der Waals surface area contributed by atoms with Crippen LogP contribution < -0.4 is 19.5 Å². The predicted octanol–water partition coefficient (Wildman–Crippen LogP) is 2.61. The quantitative estimate of drug-likeness (QED) is 0.531. The summed E-state index contributed by atoms with van der Waals surface area (Å²) in [6.45, 7) is 1.32. The number of fused-ring (bicyclic) bond motifs is 1. The van der Waals surface area contributed by atoms with Crippen molar-refractivity contribution in [3.05, 3.63) is 70.5 Å². The van der Waals surface area contributed by atoms with E-state index in [1.165, 1.54) is 0 Å².